The van der Waals surface area contributed by atoms with Crippen LogP contribution in [0.15, 0.2) is 27.3 Å². The van der Waals surface area contributed by atoms with Crippen molar-refractivity contribution < 1.29 is 0 Å². The molecule has 2 aliphatic rings. The van der Waals surface area contributed by atoms with Crippen LogP contribution >= 0.6 is 15.9 Å². The van der Waals surface area contributed by atoms with Gasteiger partial charge in [0.25, 0.3) is 0 Å². The molecule has 0 unspecified atom stereocenters. The van der Waals surface area contributed by atoms with Gasteiger partial charge >= 0.3 is 0 Å². The Morgan fingerprint density at radius 1 is 1.55 bits per heavy atom. The SMILES string of the molecule is N=C1C=C(Br)[C@@H]2NN=CC2=C1. The molecule has 0 aromatic rings. The van der Waals surface area contributed by atoms with Gasteiger partial charge in [0.15, 0.2) is 0 Å². The molecule has 1 aliphatic heterocycles. The summed E-state index contributed by atoms with van der Waals surface area (Å²) in [5, 5.41) is 11.3. The Kier molecular flexibility index (Phi) is 1.42. The van der Waals surface area contributed by atoms with Gasteiger partial charge in [-0.3, -0.25) is 5.43 Å². The minimum Gasteiger partial charge on any atom is -0.301 e. The molecule has 0 bridgehead atoms. The van der Waals surface area contributed by atoms with Gasteiger partial charge < -0.3 is 5.41 Å². The summed E-state index contributed by atoms with van der Waals surface area (Å²) in [5.74, 6) is 0. The Morgan fingerprint density at radius 3 is 3.18 bits per heavy atom. The Hall–Kier alpha value is -0.900. The molecule has 0 amide bonds. The molecule has 2 N–H and O–H groups in total. The van der Waals surface area contributed by atoms with Crippen molar-refractivity contribution in [3.63, 3.8) is 0 Å². The lowest BCUT2D eigenvalue weighted by atomic mass is 10.0. The first-order valence-corrected chi connectivity index (χ1v) is 4.02. The van der Waals surface area contributed by atoms with Crippen LogP contribution in [0.3, 0.4) is 0 Å². The van der Waals surface area contributed by atoms with Crippen molar-refractivity contribution in [1.29, 1.82) is 5.41 Å². The standard InChI is InChI=1S/C7H6BrN3/c8-6-2-5(9)1-4-3-10-11-7(4)6/h1-3,7,9,11H/t7-/m1/s1. The van der Waals surface area contributed by atoms with E-state index in [0.717, 1.165) is 10.1 Å². The van der Waals surface area contributed by atoms with E-state index in [9.17, 15) is 0 Å². The van der Waals surface area contributed by atoms with Gasteiger partial charge in [0, 0.05) is 10.1 Å². The van der Waals surface area contributed by atoms with Crippen molar-refractivity contribution in [1.82, 2.24) is 5.43 Å². The summed E-state index contributed by atoms with van der Waals surface area (Å²) in [6.45, 7) is 0. The third-order valence-corrected chi connectivity index (χ3v) is 2.33. The van der Waals surface area contributed by atoms with Crippen molar-refractivity contribution in [3.8, 4) is 0 Å². The summed E-state index contributed by atoms with van der Waals surface area (Å²) in [5.41, 5.74) is 4.48. The number of hydrogen-bond donors (Lipinski definition) is 2. The van der Waals surface area contributed by atoms with Crippen LogP contribution in [-0.2, 0) is 0 Å². The molecule has 0 saturated carbocycles. The summed E-state index contributed by atoms with van der Waals surface area (Å²) in [4.78, 5) is 0. The molecule has 0 aromatic carbocycles. The number of hydrogen-bond acceptors (Lipinski definition) is 3. The minimum absolute atomic E-state index is 0.143. The smallest absolute Gasteiger partial charge is 0.102 e. The van der Waals surface area contributed by atoms with Crippen LogP contribution in [-0.4, -0.2) is 18.0 Å². The lowest BCUT2D eigenvalue weighted by Crippen LogP contribution is -2.24. The van der Waals surface area contributed by atoms with Crippen LogP contribution in [0.25, 0.3) is 0 Å². The normalized spacial score (nSPS) is 27.4. The maximum atomic E-state index is 7.40. The molecule has 0 fully saturated rings. The maximum absolute atomic E-state index is 7.40. The van der Waals surface area contributed by atoms with E-state index in [1.54, 1.807) is 18.4 Å². The van der Waals surface area contributed by atoms with Crippen LogP contribution in [0.2, 0.25) is 0 Å². The zero-order chi connectivity index (χ0) is 7.84. The molecular weight excluding hydrogens is 206 g/mol. The Morgan fingerprint density at radius 2 is 2.36 bits per heavy atom. The average Bonchev–Trinajstić information content (AvgIpc) is 2.34. The summed E-state index contributed by atoms with van der Waals surface area (Å²) < 4.78 is 0.970. The summed E-state index contributed by atoms with van der Waals surface area (Å²) in [6, 6.07) is 0.143. The first-order valence-electron chi connectivity index (χ1n) is 3.23. The number of fused-ring (bicyclic) bond motifs is 1. The maximum Gasteiger partial charge on any atom is 0.102 e. The third-order valence-electron chi connectivity index (χ3n) is 1.64. The van der Waals surface area contributed by atoms with Gasteiger partial charge in [0.05, 0.1) is 11.9 Å². The van der Waals surface area contributed by atoms with E-state index in [0.29, 0.717) is 5.71 Å². The monoisotopic (exact) mass is 211 g/mol. The van der Waals surface area contributed by atoms with Gasteiger partial charge in [-0.25, -0.2) is 0 Å². The lowest BCUT2D eigenvalue weighted by Gasteiger charge is -2.14. The number of nitrogens with one attached hydrogen (secondary N) is 2. The molecule has 1 atom stereocenters. The quantitative estimate of drug-likeness (QED) is 0.622. The molecule has 11 heavy (non-hydrogen) atoms. The molecule has 2 rings (SSSR count). The van der Waals surface area contributed by atoms with Gasteiger partial charge in [0.2, 0.25) is 0 Å². The van der Waals surface area contributed by atoms with E-state index in [4.69, 9.17) is 5.41 Å². The van der Waals surface area contributed by atoms with E-state index >= 15 is 0 Å². The Balaban J connectivity index is 2.41. The number of hydrazone groups is 1. The van der Waals surface area contributed by atoms with E-state index in [1.165, 1.54) is 0 Å². The topological polar surface area (TPSA) is 48.2 Å². The predicted octanol–water partition coefficient (Wildman–Crippen LogP) is 1.18. The third kappa shape index (κ3) is 1.03. The molecule has 0 aromatic heterocycles. The number of rotatable bonds is 0. The highest BCUT2D eigenvalue weighted by molar-refractivity contribution is 9.11. The molecule has 1 aliphatic carbocycles. The Labute approximate surface area is 72.5 Å². The van der Waals surface area contributed by atoms with Gasteiger partial charge in [-0.2, -0.15) is 5.10 Å². The summed E-state index contributed by atoms with van der Waals surface area (Å²) in [7, 11) is 0. The van der Waals surface area contributed by atoms with Crippen molar-refractivity contribution in [3.05, 3.63) is 22.2 Å². The van der Waals surface area contributed by atoms with Crippen molar-refractivity contribution in [2.75, 3.05) is 0 Å². The fraction of sp³-hybridized carbons (Fsp3) is 0.143. The van der Waals surface area contributed by atoms with Crippen molar-refractivity contribution >= 4 is 27.9 Å². The van der Waals surface area contributed by atoms with Gasteiger partial charge in [-0.05, 0) is 12.2 Å². The predicted molar refractivity (Wildman–Crippen MR) is 48.2 cm³/mol. The van der Waals surface area contributed by atoms with E-state index in [2.05, 4.69) is 26.5 Å². The van der Waals surface area contributed by atoms with Crippen molar-refractivity contribution in [2.45, 2.75) is 6.04 Å². The zero-order valence-corrected chi connectivity index (χ0v) is 7.22. The first-order chi connectivity index (χ1) is 5.27. The first kappa shape index (κ1) is 6.79. The van der Waals surface area contributed by atoms with E-state index in [-0.39, 0.29) is 6.04 Å². The second-order valence-corrected chi connectivity index (χ2v) is 3.36. The molecule has 1 heterocycles. The molecule has 0 spiro atoms. The van der Waals surface area contributed by atoms with Crippen LogP contribution in [0.5, 0.6) is 0 Å². The second-order valence-electron chi connectivity index (χ2n) is 2.45. The lowest BCUT2D eigenvalue weighted by molar-refractivity contribution is 0.739. The molecule has 3 nitrogen and oxygen atoms in total. The van der Waals surface area contributed by atoms with E-state index < -0.39 is 0 Å². The van der Waals surface area contributed by atoms with Gasteiger partial charge in [-0.1, -0.05) is 15.9 Å². The number of nitrogens with zero attached hydrogens (tertiary/aromatic N) is 1. The van der Waals surface area contributed by atoms with Gasteiger partial charge in [-0.15, -0.1) is 0 Å². The zero-order valence-electron chi connectivity index (χ0n) is 5.63. The highest BCUT2D eigenvalue weighted by Crippen LogP contribution is 2.23. The fourth-order valence-corrected chi connectivity index (χ4v) is 1.74. The molecule has 56 valence electrons. The highest BCUT2D eigenvalue weighted by atomic mass is 79.9. The fourth-order valence-electron chi connectivity index (χ4n) is 1.13. The molecular formula is C7H6BrN3. The molecule has 4 heteroatoms. The van der Waals surface area contributed by atoms with Crippen LogP contribution < -0.4 is 5.43 Å². The van der Waals surface area contributed by atoms with Crippen molar-refractivity contribution in [2.24, 2.45) is 5.10 Å². The Bertz CT molecular complexity index is 301. The number of halogens is 1. The largest absolute Gasteiger partial charge is 0.301 e. The average molecular weight is 212 g/mol. The summed E-state index contributed by atoms with van der Waals surface area (Å²) in [6.07, 6.45) is 5.32. The van der Waals surface area contributed by atoms with Crippen LogP contribution in [0, 0.1) is 5.41 Å². The summed E-state index contributed by atoms with van der Waals surface area (Å²) >= 11 is 3.37. The molecule has 0 radical (unpaired) electrons. The highest BCUT2D eigenvalue weighted by Gasteiger charge is 2.23. The minimum atomic E-state index is 0.143. The van der Waals surface area contributed by atoms with Crippen LogP contribution in [0.1, 0.15) is 0 Å². The molecule has 0 saturated heterocycles. The van der Waals surface area contributed by atoms with Gasteiger partial charge in [0.1, 0.15) is 6.04 Å². The number of allylic oxidation sites excluding steroid dienone is 2. The second kappa shape index (κ2) is 2.30. The van der Waals surface area contributed by atoms with E-state index in [1.807, 2.05) is 0 Å². The van der Waals surface area contributed by atoms with Crippen LogP contribution in [0.4, 0.5) is 0 Å².